The number of carbonyl (C=O) groups is 1. The predicted octanol–water partition coefficient (Wildman–Crippen LogP) is 4.34. The zero-order valence-electron chi connectivity index (χ0n) is 18.4. The molecular formula is C25H24N4O3S. The van der Waals surface area contributed by atoms with Crippen LogP contribution >= 0.6 is 11.8 Å². The second-order valence-corrected chi connectivity index (χ2v) is 8.09. The SMILES string of the molecule is COc1ccc(OC)c(/C=N\NC(=O)CSc2nc3ccccc3n2Cc2ccccc2)c1. The molecule has 33 heavy (non-hydrogen) atoms. The Labute approximate surface area is 196 Å². The van der Waals surface area contributed by atoms with Crippen LogP contribution in [0.5, 0.6) is 11.5 Å². The monoisotopic (exact) mass is 460 g/mol. The lowest BCUT2D eigenvalue weighted by atomic mass is 10.2. The van der Waals surface area contributed by atoms with Gasteiger partial charge in [0, 0.05) is 5.56 Å². The van der Waals surface area contributed by atoms with Gasteiger partial charge in [0.25, 0.3) is 5.91 Å². The van der Waals surface area contributed by atoms with Crippen molar-refractivity contribution in [3.8, 4) is 11.5 Å². The van der Waals surface area contributed by atoms with Gasteiger partial charge in [-0.25, -0.2) is 10.4 Å². The normalized spacial score (nSPS) is 11.1. The van der Waals surface area contributed by atoms with Crippen LogP contribution in [0.1, 0.15) is 11.1 Å². The van der Waals surface area contributed by atoms with E-state index in [1.54, 1.807) is 32.4 Å². The maximum atomic E-state index is 12.4. The smallest absolute Gasteiger partial charge is 0.250 e. The van der Waals surface area contributed by atoms with Crippen molar-refractivity contribution < 1.29 is 14.3 Å². The number of imidazole rings is 1. The number of thioether (sulfide) groups is 1. The number of benzene rings is 3. The summed E-state index contributed by atoms with van der Waals surface area (Å²) in [6, 6.07) is 23.5. The Balaban J connectivity index is 1.44. The number of fused-ring (bicyclic) bond motifs is 1. The molecule has 1 amide bonds. The lowest BCUT2D eigenvalue weighted by molar-refractivity contribution is -0.118. The molecule has 1 N–H and O–H groups in total. The molecule has 1 heterocycles. The van der Waals surface area contributed by atoms with Gasteiger partial charge in [-0.15, -0.1) is 0 Å². The first-order chi connectivity index (χ1) is 16.2. The Bertz CT molecular complexity index is 1270. The van der Waals surface area contributed by atoms with E-state index in [0.717, 1.165) is 16.2 Å². The Morgan fingerprint density at radius 2 is 1.85 bits per heavy atom. The molecule has 0 spiro atoms. The number of hydrazone groups is 1. The highest BCUT2D eigenvalue weighted by atomic mass is 32.2. The van der Waals surface area contributed by atoms with Gasteiger partial charge in [-0.05, 0) is 35.9 Å². The van der Waals surface area contributed by atoms with Crippen LogP contribution in [0, 0.1) is 0 Å². The maximum Gasteiger partial charge on any atom is 0.250 e. The van der Waals surface area contributed by atoms with E-state index in [4.69, 9.17) is 14.5 Å². The zero-order valence-corrected chi connectivity index (χ0v) is 19.2. The third kappa shape index (κ3) is 5.53. The highest BCUT2D eigenvalue weighted by Gasteiger charge is 2.13. The van der Waals surface area contributed by atoms with Crippen molar-refractivity contribution in [3.05, 3.63) is 83.9 Å². The van der Waals surface area contributed by atoms with E-state index >= 15 is 0 Å². The van der Waals surface area contributed by atoms with Gasteiger partial charge in [0.2, 0.25) is 0 Å². The number of nitrogens with one attached hydrogen (secondary N) is 1. The van der Waals surface area contributed by atoms with E-state index in [0.29, 0.717) is 23.6 Å². The largest absolute Gasteiger partial charge is 0.497 e. The first-order valence-electron chi connectivity index (χ1n) is 10.3. The molecule has 7 nitrogen and oxygen atoms in total. The molecule has 3 aromatic carbocycles. The molecule has 4 rings (SSSR count). The number of para-hydroxylation sites is 2. The molecule has 0 bridgehead atoms. The molecule has 0 fully saturated rings. The summed E-state index contributed by atoms with van der Waals surface area (Å²) in [7, 11) is 3.17. The number of carbonyl (C=O) groups excluding carboxylic acids is 1. The van der Waals surface area contributed by atoms with Gasteiger partial charge < -0.3 is 14.0 Å². The molecule has 0 atom stereocenters. The van der Waals surface area contributed by atoms with Crippen molar-refractivity contribution in [2.75, 3.05) is 20.0 Å². The van der Waals surface area contributed by atoms with E-state index in [-0.39, 0.29) is 11.7 Å². The molecule has 0 unspecified atom stereocenters. The van der Waals surface area contributed by atoms with E-state index in [2.05, 4.69) is 27.2 Å². The van der Waals surface area contributed by atoms with Gasteiger partial charge in [0.05, 0.1) is 43.8 Å². The topological polar surface area (TPSA) is 77.7 Å². The Hall–Kier alpha value is -3.78. The zero-order chi connectivity index (χ0) is 23.0. The summed E-state index contributed by atoms with van der Waals surface area (Å²) in [5.41, 5.74) is 6.38. The Kier molecular flexibility index (Phi) is 7.26. The summed E-state index contributed by atoms with van der Waals surface area (Å²) < 4.78 is 12.7. The molecule has 0 aliphatic carbocycles. The minimum atomic E-state index is -0.226. The summed E-state index contributed by atoms with van der Waals surface area (Å²) in [6.07, 6.45) is 1.54. The fourth-order valence-corrected chi connectivity index (χ4v) is 4.17. The molecule has 0 saturated carbocycles. The third-order valence-corrected chi connectivity index (χ3v) is 5.94. The highest BCUT2D eigenvalue weighted by Crippen LogP contribution is 2.25. The van der Waals surface area contributed by atoms with Crippen LogP contribution in [0.25, 0.3) is 11.0 Å². The second kappa shape index (κ2) is 10.7. The lowest BCUT2D eigenvalue weighted by Crippen LogP contribution is -2.20. The van der Waals surface area contributed by atoms with E-state index in [1.807, 2.05) is 42.5 Å². The number of rotatable bonds is 9. The minimum Gasteiger partial charge on any atom is -0.497 e. The van der Waals surface area contributed by atoms with Crippen LogP contribution in [0.15, 0.2) is 83.1 Å². The predicted molar refractivity (Wildman–Crippen MR) is 131 cm³/mol. The highest BCUT2D eigenvalue weighted by molar-refractivity contribution is 7.99. The molecule has 0 aliphatic heterocycles. The molecular weight excluding hydrogens is 436 g/mol. The van der Waals surface area contributed by atoms with Gasteiger partial charge in [-0.3, -0.25) is 4.79 Å². The van der Waals surface area contributed by atoms with E-state index < -0.39 is 0 Å². The molecule has 8 heteroatoms. The van der Waals surface area contributed by atoms with Gasteiger partial charge in [0.1, 0.15) is 11.5 Å². The summed E-state index contributed by atoms with van der Waals surface area (Å²) in [6.45, 7) is 0.680. The first-order valence-corrected chi connectivity index (χ1v) is 11.3. The summed E-state index contributed by atoms with van der Waals surface area (Å²) in [5, 5.41) is 4.86. The van der Waals surface area contributed by atoms with Crippen LogP contribution in [0.2, 0.25) is 0 Å². The van der Waals surface area contributed by atoms with E-state index in [9.17, 15) is 4.79 Å². The van der Waals surface area contributed by atoms with Crippen LogP contribution in [-0.2, 0) is 11.3 Å². The van der Waals surface area contributed by atoms with Gasteiger partial charge in [-0.1, -0.05) is 54.2 Å². The fraction of sp³-hybridized carbons (Fsp3) is 0.160. The van der Waals surface area contributed by atoms with Crippen molar-refractivity contribution >= 4 is 34.9 Å². The summed E-state index contributed by atoms with van der Waals surface area (Å²) in [5.74, 6) is 1.27. The summed E-state index contributed by atoms with van der Waals surface area (Å²) >= 11 is 1.38. The number of ether oxygens (including phenoxy) is 2. The lowest BCUT2D eigenvalue weighted by Gasteiger charge is -2.09. The molecule has 0 radical (unpaired) electrons. The van der Waals surface area contributed by atoms with Crippen molar-refractivity contribution in [1.29, 1.82) is 0 Å². The number of hydrogen-bond acceptors (Lipinski definition) is 6. The van der Waals surface area contributed by atoms with Crippen molar-refractivity contribution in [3.63, 3.8) is 0 Å². The molecule has 0 saturated heterocycles. The summed E-state index contributed by atoms with van der Waals surface area (Å²) in [4.78, 5) is 17.2. The maximum absolute atomic E-state index is 12.4. The number of methoxy groups -OCH3 is 2. The van der Waals surface area contributed by atoms with Crippen molar-refractivity contribution in [1.82, 2.24) is 15.0 Å². The average Bonchev–Trinajstić information content (AvgIpc) is 3.20. The van der Waals surface area contributed by atoms with Crippen LogP contribution < -0.4 is 14.9 Å². The number of nitrogens with zero attached hydrogens (tertiary/aromatic N) is 3. The van der Waals surface area contributed by atoms with Gasteiger partial charge in [0.15, 0.2) is 5.16 Å². The molecule has 0 aliphatic rings. The Morgan fingerprint density at radius 3 is 2.64 bits per heavy atom. The van der Waals surface area contributed by atoms with Crippen molar-refractivity contribution in [2.24, 2.45) is 5.10 Å². The number of hydrogen-bond donors (Lipinski definition) is 1. The average molecular weight is 461 g/mol. The van der Waals surface area contributed by atoms with E-state index in [1.165, 1.54) is 23.5 Å². The van der Waals surface area contributed by atoms with Crippen LogP contribution in [-0.4, -0.2) is 41.6 Å². The van der Waals surface area contributed by atoms with Crippen molar-refractivity contribution in [2.45, 2.75) is 11.7 Å². The molecule has 1 aromatic heterocycles. The van der Waals surface area contributed by atoms with Gasteiger partial charge in [-0.2, -0.15) is 5.10 Å². The Morgan fingerprint density at radius 1 is 1.06 bits per heavy atom. The third-order valence-electron chi connectivity index (χ3n) is 4.97. The minimum absolute atomic E-state index is 0.185. The molecule has 4 aromatic rings. The number of aromatic nitrogens is 2. The van der Waals surface area contributed by atoms with Crippen LogP contribution in [0.3, 0.4) is 0 Å². The standard InChI is InChI=1S/C25H24N4O3S/c1-31-20-12-13-23(32-2)19(14-20)15-26-28-24(30)17-33-25-27-21-10-6-7-11-22(21)29(25)16-18-8-4-3-5-9-18/h3-15H,16-17H2,1-2H3,(H,28,30)/b26-15-. The quantitative estimate of drug-likeness (QED) is 0.228. The second-order valence-electron chi connectivity index (χ2n) is 7.14. The van der Waals surface area contributed by atoms with Gasteiger partial charge >= 0.3 is 0 Å². The number of amides is 1. The fourth-order valence-electron chi connectivity index (χ4n) is 3.36. The van der Waals surface area contributed by atoms with Crippen LogP contribution in [0.4, 0.5) is 0 Å². The molecule has 168 valence electrons. The first kappa shape index (κ1) is 22.4.